The third kappa shape index (κ3) is 6.26. The van der Waals surface area contributed by atoms with E-state index in [-0.39, 0.29) is 24.2 Å². The molecule has 1 aliphatic rings. The number of aryl methyl sites for hydroxylation is 1. The molecule has 152 valence electrons. The van der Waals surface area contributed by atoms with Crippen molar-refractivity contribution in [1.82, 2.24) is 9.80 Å². The molecular formula is C23H26FN3O2. The number of anilines is 1. The Hall–Kier alpha value is -2.99. The van der Waals surface area contributed by atoms with Crippen LogP contribution in [-0.4, -0.2) is 54.3 Å². The SMILES string of the molecule is CCc1ccc(/C=C/C(=O)N2CCN(CC(=O)Nc3cccc(F)c3)CC2)cc1. The van der Waals surface area contributed by atoms with Crippen molar-refractivity contribution in [3.05, 3.63) is 71.6 Å². The molecule has 1 heterocycles. The zero-order valence-corrected chi connectivity index (χ0v) is 16.6. The van der Waals surface area contributed by atoms with Crippen LogP contribution in [0.2, 0.25) is 0 Å². The Morgan fingerprint density at radius 2 is 1.79 bits per heavy atom. The molecule has 0 aromatic heterocycles. The van der Waals surface area contributed by atoms with Gasteiger partial charge in [0.25, 0.3) is 0 Å². The average Bonchev–Trinajstić information content (AvgIpc) is 2.73. The Morgan fingerprint density at radius 1 is 1.07 bits per heavy atom. The molecule has 6 heteroatoms. The van der Waals surface area contributed by atoms with Crippen LogP contribution >= 0.6 is 0 Å². The van der Waals surface area contributed by atoms with Gasteiger partial charge < -0.3 is 10.2 Å². The second-order valence-electron chi connectivity index (χ2n) is 7.09. The number of hydrogen-bond donors (Lipinski definition) is 1. The number of nitrogens with zero attached hydrogens (tertiary/aromatic N) is 2. The fraction of sp³-hybridized carbons (Fsp3) is 0.304. The number of nitrogens with one attached hydrogen (secondary N) is 1. The van der Waals surface area contributed by atoms with Gasteiger partial charge in [0.2, 0.25) is 11.8 Å². The number of hydrogen-bond acceptors (Lipinski definition) is 3. The van der Waals surface area contributed by atoms with Gasteiger partial charge >= 0.3 is 0 Å². The van der Waals surface area contributed by atoms with E-state index in [9.17, 15) is 14.0 Å². The van der Waals surface area contributed by atoms with E-state index in [1.54, 1.807) is 23.1 Å². The van der Waals surface area contributed by atoms with Crippen LogP contribution < -0.4 is 5.32 Å². The fourth-order valence-corrected chi connectivity index (χ4v) is 3.23. The predicted octanol–water partition coefficient (Wildman–Crippen LogP) is 3.18. The zero-order valence-electron chi connectivity index (χ0n) is 16.6. The molecule has 1 fully saturated rings. The maximum absolute atomic E-state index is 13.2. The lowest BCUT2D eigenvalue weighted by atomic mass is 10.1. The van der Waals surface area contributed by atoms with Crippen molar-refractivity contribution in [2.24, 2.45) is 0 Å². The zero-order chi connectivity index (χ0) is 20.6. The molecular weight excluding hydrogens is 369 g/mol. The monoisotopic (exact) mass is 395 g/mol. The summed E-state index contributed by atoms with van der Waals surface area (Å²) in [5.74, 6) is -0.594. The molecule has 2 amide bonds. The van der Waals surface area contributed by atoms with Gasteiger partial charge in [-0.2, -0.15) is 0 Å². The van der Waals surface area contributed by atoms with Gasteiger partial charge in [-0.3, -0.25) is 14.5 Å². The molecule has 1 aliphatic heterocycles. The van der Waals surface area contributed by atoms with Gasteiger partial charge in [0.1, 0.15) is 5.82 Å². The van der Waals surface area contributed by atoms with Crippen LogP contribution in [0.15, 0.2) is 54.6 Å². The van der Waals surface area contributed by atoms with Crippen molar-refractivity contribution in [3.63, 3.8) is 0 Å². The van der Waals surface area contributed by atoms with Gasteiger partial charge in [0, 0.05) is 37.9 Å². The Kier molecular flexibility index (Phi) is 7.14. The van der Waals surface area contributed by atoms with E-state index in [0.29, 0.717) is 31.9 Å². The summed E-state index contributed by atoms with van der Waals surface area (Å²) < 4.78 is 13.2. The van der Waals surface area contributed by atoms with E-state index < -0.39 is 0 Å². The predicted molar refractivity (Wildman–Crippen MR) is 113 cm³/mol. The fourth-order valence-electron chi connectivity index (χ4n) is 3.23. The summed E-state index contributed by atoms with van der Waals surface area (Å²) in [5.41, 5.74) is 2.72. The maximum atomic E-state index is 13.2. The van der Waals surface area contributed by atoms with Crippen LogP contribution in [0.3, 0.4) is 0 Å². The van der Waals surface area contributed by atoms with Gasteiger partial charge in [-0.1, -0.05) is 37.3 Å². The summed E-state index contributed by atoms with van der Waals surface area (Å²) in [7, 11) is 0. The highest BCUT2D eigenvalue weighted by atomic mass is 19.1. The van der Waals surface area contributed by atoms with E-state index in [1.807, 2.05) is 23.1 Å². The molecule has 0 radical (unpaired) electrons. The summed E-state index contributed by atoms with van der Waals surface area (Å²) in [6.07, 6.45) is 4.43. The largest absolute Gasteiger partial charge is 0.337 e. The number of amides is 2. The average molecular weight is 395 g/mol. The summed E-state index contributed by atoms with van der Waals surface area (Å²) >= 11 is 0. The maximum Gasteiger partial charge on any atom is 0.246 e. The normalized spacial score (nSPS) is 14.9. The number of halogens is 1. The molecule has 0 atom stereocenters. The first kappa shape index (κ1) is 20.7. The molecule has 0 bridgehead atoms. The van der Waals surface area contributed by atoms with Gasteiger partial charge in [0.05, 0.1) is 6.54 Å². The minimum atomic E-state index is -0.385. The molecule has 5 nitrogen and oxygen atoms in total. The van der Waals surface area contributed by atoms with Crippen LogP contribution in [0.25, 0.3) is 6.08 Å². The number of benzene rings is 2. The number of carbonyl (C=O) groups is 2. The van der Waals surface area contributed by atoms with Gasteiger partial charge in [0.15, 0.2) is 0 Å². The highest BCUT2D eigenvalue weighted by Gasteiger charge is 2.21. The first-order valence-electron chi connectivity index (χ1n) is 9.87. The summed E-state index contributed by atoms with van der Waals surface area (Å²) in [6.45, 7) is 4.73. The van der Waals surface area contributed by atoms with Crippen molar-refractivity contribution < 1.29 is 14.0 Å². The van der Waals surface area contributed by atoms with Crippen LogP contribution in [0, 0.1) is 5.82 Å². The number of carbonyl (C=O) groups excluding carboxylic acids is 2. The first-order chi connectivity index (χ1) is 14.0. The molecule has 29 heavy (non-hydrogen) atoms. The topological polar surface area (TPSA) is 52.7 Å². The Labute approximate surface area is 170 Å². The van der Waals surface area contributed by atoms with E-state index >= 15 is 0 Å². The molecule has 2 aromatic carbocycles. The van der Waals surface area contributed by atoms with Crippen LogP contribution in [0.5, 0.6) is 0 Å². The molecule has 0 aliphatic carbocycles. The quantitative estimate of drug-likeness (QED) is 0.765. The van der Waals surface area contributed by atoms with Crippen molar-refractivity contribution in [1.29, 1.82) is 0 Å². The molecule has 1 N–H and O–H groups in total. The third-order valence-corrected chi connectivity index (χ3v) is 4.97. The summed E-state index contributed by atoms with van der Waals surface area (Å²) in [5, 5.41) is 2.70. The molecule has 1 saturated heterocycles. The Bertz CT molecular complexity index is 872. The number of piperazine rings is 1. The minimum absolute atomic E-state index is 0.0200. The van der Waals surface area contributed by atoms with E-state index in [0.717, 1.165) is 12.0 Å². The van der Waals surface area contributed by atoms with Crippen molar-refractivity contribution >= 4 is 23.6 Å². The van der Waals surface area contributed by atoms with Gasteiger partial charge in [-0.05, 0) is 41.8 Å². The van der Waals surface area contributed by atoms with E-state index in [4.69, 9.17) is 0 Å². The van der Waals surface area contributed by atoms with Crippen molar-refractivity contribution in [3.8, 4) is 0 Å². The summed E-state index contributed by atoms with van der Waals surface area (Å²) in [4.78, 5) is 28.3. The van der Waals surface area contributed by atoms with Crippen molar-refractivity contribution in [2.75, 3.05) is 38.0 Å². The molecule has 3 rings (SSSR count). The second-order valence-corrected chi connectivity index (χ2v) is 7.09. The molecule has 0 unspecified atom stereocenters. The minimum Gasteiger partial charge on any atom is -0.337 e. The third-order valence-electron chi connectivity index (χ3n) is 4.97. The molecule has 0 spiro atoms. The van der Waals surface area contributed by atoms with Gasteiger partial charge in [-0.15, -0.1) is 0 Å². The second kappa shape index (κ2) is 9.98. The standard InChI is InChI=1S/C23H26FN3O2/c1-2-18-6-8-19(9-7-18)10-11-23(29)27-14-12-26(13-15-27)17-22(28)25-21-5-3-4-20(24)16-21/h3-11,16H,2,12-15,17H2,1H3,(H,25,28)/b11-10+. The highest BCUT2D eigenvalue weighted by Crippen LogP contribution is 2.10. The van der Waals surface area contributed by atoms with Crippen LogP contribution in [0.4, 0.5) is 10.1 Å². The summed E-state index contributed by atoms with van der Waals surface area (Å²) in [6, 6.07) is 14.0. The van der Waals surface area contributed by atoms with Crippen molar-refractivity contribution in [2.45, 2.75) is 13.3 Å². The highest BCUT2D eigenvalue weighted by molar-refractivity contribution is 5.93. The Balaban J connectivity index is 1.43. The van der Waals surface area contributed by atoms with E-state index in [1.165, 1.54) is 17.7 Å². The first-order valence-corrected chi connectivity index (χ1v) is 9.87. The lowest BCUT2D eigenvalue weighted by Crippen LogP contribution is -2.50. The van der Waals surface area contributed by atoms with Gasteiger partial charge in [-0.25, -0.2) is 4.39 Å². The van der Waals surface area contributed by atoms with E-state index in [2.05, 4.69) is 24.4 Å². The molecule has 0 saturated carbocycles. The lowest BCUT2D eigenvalue weighted by molar-refractivity contribution is -0.127. The molecule has 2 aromatic rings. The van der Waals surface area contributed by atoms with Crippen LogP contribution in [0.1, 0.15) is 18.1 Å². The number of rotatable bonds is 6. The van der Waals surface area contributed by atoms with Crippen LogP contribution in [-0.2, 0) is 16.0 Å². The smallest absolute Gasteiger partial charge is 0.246 e. The Morgan fingerprint density at radius 3 is 2.45 bits per heavy atom. The lowest BCUT2D eigenvalue weighted by Gasteiger charge is -2.33.